The number of methoxy groups -OCH3 is 1. The van der Waals surface area contributed by atoms with Gasteiger partial charge < -0.3 is 19.9 Å². The molecule has 6 nitrogen and oxygen atoms in total. The van der Waals surface area contributed by atoms with E-state index in [1.807, 2.05) is 47.7 Å². The number of amides is 2. The molecule has 1 aliphatic rings. The van der Waals surface area contributed by atoms with E-state index in [9.17, 15) is 4.79 Å². The van der Waals surface area contributed by atoms with Gasteiger partial charge in [-0.05, 0) is 13.0 Å². The van der Waals surface area contributed by atoms with Crippen LogP contribution in [0.4, 0.5) is 9.93 Å². The van der Waals surface area contributed by atoms with Crippen LogP contribution >= 0.6 is 11.3 Å². The van der Waals surface area contributed by atoms with Crippen molar-refractivity contribution in [1.82, 2.24) is 15.2 Å². The average Bonchev–Trinajstić information content (AvgIpc) is 3.16. The van der Waals surface area contributed by atoms with Crippen LogP contribution in [-0.4, -0.2) is 49.2 Å². The summed E-state index contributed by atoms with van der Waals surface area (Å²) < 4.78 is 5.37. The van der Waals surface area contributed by atoms with Gasteiger partial charge in [-0.25, -0.2) is 9.78 Å². The van der Waals surface area contributed by atoms with Crippen molar-refractivity contribution < 1.29 is 9.53 Å². The third-order valence-corrected chi connectivity index (χ3v) is 5.03. The lowest BCUT2D eigenvalue weighted by atomic mass is 10.1. The molecule has 2 heterocycles. The number of hydrogen-bond donors (Lipinski definition) is 1. The third kappa shape index (κ3) is 3.62. The van der Waals surface area contributed by atoms with Crippen molar-refractivity contribution in [3.05, 3.63) is 41.4 Å². The molecule has 0 saturated carbocycles. The molecule has 128 valence electrons. The Labute approximate surface area is 146 Å². The number of urea groups is 1. The van der Waals surface area contributed by atoms with Gasteiger partial charge in [0, 0.05) is 43.3 Å². The Morgan fingerprint density at radius 2 is 2.04 bits per heavy atom. The maximum Gasteiger partial charge on any atom is 0.317 e. The van der Waals surface area contributed by atoms with E-state index >= 15 is 0 Å². The third-order valence-electron chi connectivity index (χ3n) is 4.20. The van der Waals surface area contributed by atoms with Gasteiger partial charge in [-0.15, -0.1) is 11.3 Å². The first kappa shape index (κ1) is 16.6. The Balaban J connectivity index is 1.56. The molecule has 1 unspecified atom stereocenters. The molecule has 0 radical (unpaired) electrons. The summed E-state index contributed by atoms with van der Waals surface area (Å²) in [6.07, 6.45) is 1.81. The van der Waals surface area contributed by atoms with Gasteiger partial charge >= 0.3 is 6.03 Å². The fourth-order valence-corrected chi connectivity index (χ4v) is 3.55. The number of anilines is 1. The highest BCUT2D eigenvalue weighted by molar-refractivity contribution is 7.13. The van der Waals surface area contributed by atoms with E-state index in [2.05, 4.69) is 15.2 Å². The molecule has 1 atom stereocenters. The number of aromatic nitrogens is 1. The second-order valence-electron chi connectivity index (χ2n) is 5.70. The SMILES string of the molecule is COc1ccccc1C(C)NC(=O)N1CCN(c2nccs2)CC1. The highest BCUT2D eigenvalue weighted by Crippen LogP contribution is 2.24. The highest BCUT2D eigenvalue weighted by Gasteiger charge is 2.24. The van der Waals surface area contributed by atoms with Crippen molar-refractivity contribution in [1.29, 1.82) is 0 Å². The van der Waals surface area contributed by atoms with Gasteiger partial charge in [-0.2, -0.15) is 0 Å². The van der Waals surface area contributed by atoms with E-state index in [0.717, 1.165) is 29.5 Å². The number of nitrogens with zero attached hydrogens (tertiary/aromatic N) is 3. The van der Waals surface area contributed by atoms with Gasteiger partial charge in [-0.1, -0.05) is 18.2 Å². The number of piperazine rings is 1. The Morgan fingerprint density at radius 3 is 2.71 bits per heavy atom. The molecule has 1 aliphatic heterocycles. The van der Waals surface area contributed by atoms with Crippen LogP contribution < -0.4 is 15.0 Å². The predicted molar refractivity (Wildman–Crippen MR) is 95.8 cm³/mol. The minimum Gasteiger partial charge on any atom is -0.496 e. The fraction of sp³-hybridized carbons (Fsp3) is 0.412. The van der Waals surface area contributed by atoms with Gasteiger partial charge in [0.15, 0.2) is 5.13 Å². The molecule has 7 heteroatoms. The van der Waals surface area contributed by atoms with Crippen molar-refractivity contribution in [2.24, 2.45) is 0 Å². The average molecular weight is 346 g/mol. The molecule has 0 spiro atoms. The van der Waals surface area contributed by atoms with Crippen LogP contribution in [0.1, 0.15) is 18.5 Å². The van der Waals surface area contributed by atoms with Gasteiger partial charge in [0.1, 0.15) is 5.75 Å². The number of rotatable bonds is 4. The minimum atomic E-state index is -0.106. The second-order valence-corrected chi connectivity index (χ2v) is 6.57. The number of nitrogens with one attached hydrogen (secondary N) is 1. The number of carbonyl (C=O) groups excluding carboxylic acids is 1. The molecular formula is C17H22N4O2S. The summed E-state index contributed by atoms with van der Waals surface area (Å²) in [7, 11) is 1.64. The molecule has 1 aromatic heterocycles. The van der Waals surface area contributed by atoms with Crippen molar-refractivity contribution in [2.45, 2.75) is 13.0 Å². The predicted octanol–water partition coefficient (Wildman–Crippen LogP) is 2.74. The van der Waals surface area contributed by atoms with Crippen LogP contribution in [0.5, 0.6) is 5.75 Å². The minimum absolute atomic E-state index is 0.0350. The van der Waals surface area contributed by atoms with Crippen molar-refractivity contribution >= 4 is 22.5 Å². The van der Waals surface area contributed by atoms with Crippen LogP contribution in [0.15, 0.2) is 35.8 Å². The first-order chi connectivity index (χ1) is 11.7. The highest BCUT2D eigenvalue weighted by atomic mass is 32.1. The molecule has 1 N–H and O–H groups in total. The molecule has 24 heavy (non-hydrogen) atoms. The summed E-state index contributed by atoms with van der Waals surface area (Å²) in [5, 5.41) is 6.07. The van der Waals surface area contributed by atoms with Gasteiger partial charge in [0.25, 0.3) is 0 Å². The second kappa shape index (κ2) is 7.53. The number of carbonyl (C=O) groups is 1. The lowest BCUT2D eigenvalue weighted by molar-refractivity contribution is 0.191. The largest absolute Gasteiger partial charge is 0.496 e. The lowest BCUT2D eigenvalue weighted by Gasteiger charge is -2.35. The Hall–Kier alpha value is -2.28. The molecule has 1 fully saturated rings. The normalized spacial score (nSPS) is 15.9. The van der Waals surface area contributed by atoms with Crippen molar-refractivity contribution in [3.8, 4) is 5.75 Å². The molecule has 1 saturated heterocycles. The first-order valence-electron chi connectivity index (χ1n) is 8.02. The summed E-state index contributed by atoms with van der Waals surface area (Å²) in [6.45, 7) is 4.99. The topological polar surface area (TPSA) is 57.7 Å². The Kier molecular flexibility index (Phi) is 5.20. The summed E-state index contributed by atoms with van der Waals surface area (Å²) in [4.78, 5) is 20.9. The molecule has 2 amide bonds. The van der Waals surface area contributed by atoms with Crippen molar-refractivity contribution in [2.75, 3.05) is 38.2 Å². The van der Waals surface area contributed by atoms with Crippen molar-refractivity contribution in [3.63, 3.8) is 0 Å². The molecular weight excluding hydrogens is 324 g/mol. The van der Waals surface area contributed by atoms with Crippen LogP contribution in [-0.2, 0) is 0 Å². The summed E-state index contributed by atoms with van der Waals surface area (Å²) >= 11 is 1.63. The van der Waals surface area contributed by atoms with Crippen LogP contribution in [0.3, 0.4) is 0 Å². The Bertz CT molecular complexity index is 669. The zero-order chi connectivity index (χ0) is 16.9. The monoisotopic (exact) mass is 346 g/mol. The first-order valence-corrected chi connectivity index (χ1v) is 8.90. The number of hydrogen-bond acceptors (Lipinski definition) is 5. The summed E-state index contributed by atoms with van der Waals surface area (Å²) in [5.74, 6) is 0.791. The molecule has 0 bridgehead atoms. The zero-order valence-corrected chi connectivity index (χ0v) is 14.8. The van der Waals surface area contributed by atoms with E-state index in [1.54, 1.807) is 18.4 Å². The van der Waals surface area contributed by atoms with E-state index in [4.69, 9.17) is 4.74 Å². The molecule has 0 aliphatic carbocycles. The Morgan fingerprint density at radius 1 is 1.29 bits per heavy atom. The summed E-state index contributed by atoms with van der Waals surface area (Å²) in [6, 6.07) is 7.62. The van der Waals surface area contributed by atoms with Gasteiger partial charge in [-0.3, -0.25) is 0 Å². The fourth-order valence-electron chi connectivity index (χ4n) is 2.85. The molecule has 2 aromatic rings. The van der Waals surface area contributed by atoms with E-state index in [0.29, 0.717) is 13.1 Å². The summed E-state index contributed by atoms with van der Waals surface area (Å²) in [5.41, 5.74) is 0.981. The van der Waals surface area contributed by atoms with E-state index in [1.165, 1.54) is 0 Å². The number of para-hydroxylation sites is 1. The van der Waals surface area contributed by atoms with Crippen LogP contribution in [0.25, 0.3) is 0 Å². The number of ether oxygens (including phenoxy) is 1. The van der Waals surface area contributed by atoms with Gasteiger partial charge in [0.2, 0.25) is 0 Å². The molecule has 1 aromatic carbocycles. The van der Waals surface area contributed by atoms with E-state index in [-0.39, 0.29) is 12.1 Å². The van der Waals surface area contributed by atoms with Crippen LogP contribution in [0.2, 0.25) is 0 Å². The zero-order valence-electron chi connectivity index (χ0n) is 13.9. The quantitative estimate of drug-likeness (QED) is 0.925. The maximum absolute atomic E-state index is 12.5. The number of benzene rings is 1. The number of thiazole rings is 1. The van der Waals surface area contributed by atoms with E-state index < -0.39 is 0 Å². The van der Waals surface area contributed by atoms with Crippen LogP contribution in [0, 0.1) is 0 Å². The molecule has 3 rings (SSSR count). The smallest absolute Gasteiger partial charge is 0.317 e. The standard InChI is InChI=1S/C17H22N4O2S/c1-13(14-5-3-4-6-15(14)23-2)19-16(22)20-8-10-21(11-9-20)17-18-7-12-24-17/h3-7,12-13H,8-11H2,1-2H3,(H,19,22). The maximum atomic E-state index is 12.5. The van der Waals surface area contributed by atoms with Gasteiger partial charge in [0.05, 0.1) is 13.2 Å². The lowest BCUT2D eigenvalue weighted by Crippen LogP contribution is -2.52.